The van der Waals surface area contributed by atoms with Crippen molar-refractivity contribution < 1.29 is 9.90 Å². The Kier molecular flexibility index (Phi) is 5.63. The summed E-state index contributed by atoms with van der Waals surface area (Å²) < 4.78 is 0. The molecule has 2 rings (SSSR count). The van der Waals surface area contributed by atoms with Gasteiger partial charge in [-0.25, -0.2) is 0 Å². The van der Waals surface area contributed by atoms with E-state index in [1.807, 2.05) is 19.1 Å². The van der Waals surface area contributed by atoms with Gasteiger partial charge in [-0.1, -0.05) is 29.6 Å². The standard InChI is InChI=1S/C20H25NO2/c1-15(17-9-5-4-6-10-17)21-19(22)18-11-7-8-16(14-18)12-13-20(2,3)23/h7-9,11,14-15,23H,4-6,10H2,1-3H3,(H,21,22). The second kappa shape index (κ2) is 7.48. The van der Waals surface area contributed by atoms with Gasteiger partial charge in [0, 0.05) is 17.2 Å². The molecule has 1 aliphatic rings. The van der Waals surface area contributed by atoms with Crippen molar-refractivity contribution in [1.29, 1.82) is 0 Å². The van der Waals surface area contributed by atoms with Crippen LogP contribution in [-0.4, -0.2) is 22.7 Å². The van der Waals surface area contributed by atoms with Crippen LogP contribution >= 0.6 is 0 Å². The van der Waals surface area contributed by atoms with Gasteiger partial charge < -0.3 is 10.4 Å². The summed E-state index contributed by atoms with van der Waals surface area (Å²) in [6.07, 6.45) is 6.87. The third kappa shape index (κ3) is 5.58. The molecule has 1 unspecified atom stereocenters. The van der Waals surface area contributed by atoms with Gasteiger partial charge in [0.1, 0.15) is 5.60 Å². The number of hydrogen-bond donors (Lipinski definition) is 2. The molecule has 0 fully saturated rings. The molecule has 23 heavy (non-hydrogen) atoms. The molecular formula is C20H25NO2. The lowest BCUT2D eigenvalue weighted by atomic mass is 9.94. The second-order valence-electron chi connectivity index (χ2n) is 6.61. The molecule has 1 atom stereocenters. The molecule has 1 aromatic carbocycles. The van der Waals surface area contributed by atoms with Crippen LogP contribution < -0.4 is 5.32 Å². The fourth-order valence-corrected chi connectivity index (χ4v) is 2.59. The first-order valence-electron chi connectivity index (χ1n) is 8.20. The fraction of sp³-hybridized carbons (Fsp3) is 0.450. The van der Waals surface area contributed by atoms with E-state index < -0.39 is 5.60 Å². The fourth-order valence-electron chi connectivity index (χ4n) is 2.59. The van der Waals surface area contributed by atoms with E-state index in [4.69, 9.17) is 0 Å². The average molecular weight is 311 g/mol. The number of allylic oxidation sites excluding steroid dienone is 1. The molecule has 3 nitrogen and oxygen atoms in total. The lowest BCUT2D eigenvalue weighted by Crippen LogP contribution is -2.34. The van der Waals surface area contributed by atoms with Gasteiger partial charge in [-0.2, -0.15) is 0 Å². The highest BCUT2D eigenvalue weighted by molar-refractivity contribution is 5.94. The van der Waals surface area contributed by atoms with E-state index in [1.165, 1.54) is 18.4 Å². The third-order valence-corrected chi connectivity index (χ3v) is 3.87. The quantitative estimate of drug-likeness (QED) is 0.664. The molecule has 0 heterocycles. The number of rotatable bonds is 3. The molecule has 0 aromatic heterocycles. The van der Waals surface area contributed by atoms with Gasteiger partial charge in [-0.3, -0.25) is 4.79 Å². The number of hydrogen-bond acceptors (Lipinski definition) is 2. The van der Waals surface area contributed by atoms with E-state index in [0.29, 0.717) is 5.56 Å². The number of carbonyl (C=O) groups is 1. The van der Waals surface area contributed by atoms with Crippen LogP contribution in [0.25, 0.3) is 0 Å². The summed E-state index contributed by atoms with van der Waals surface area (Å²) in [7, 11) is 0. The van der Waals surface area contributed by atoms with E-state index in [-0.39, 0.29) is 11.9 Å². The number of benzene rings is 1. The minimum atomic E-state index is -1.04. The van der Waals surface area contributed by atoms with Crippen molar-refractivity contribution in [2.75, 3.05) is 0 Å². The van der Waals surface area contributed by atoms with E-state index in [1.54, 1.807) is 26.0 Å². The number of aliphatic hydroxyl groups is 1. The van der Waals surface area contributed by atoms with Gasteiger partial charge in [0.2, 0.25) is 0 Å². The Balaban J connectivity index is 2.07. The highest BCUT2D eigenvalue weighted by atomic mass is 16.3. The Morgan fingerprint density at radius 1 is 1.35 bits per heavy atom. The van der Waals surface area contributed by atoms with Crippen LogP contribution in [0.2, 0.25) is 0 Å². The molecule has 2 N–H and O–H groups in total. The Hall–Kier alpha value is -2.05. The van der Waals surface area contributed by atoms with Crippen molar-refractivity contribution in [2.24, 2.45) is 0 Å². The Bertz CT molecular complexity index is 656. The Morgan fingerprint density at radius 3 is 2.78 bits per heavy atom. The van der Waals surface area contributed by atoms with Gasteiger partial charge in [-0.05, 0) is 64.7 Å². The topological polar surface area (TPSA) is 49.3 Å². The summed E-state index contributed by atoms with van der Waals surface area (Å²) in [5, 5.41) is 12.7. The van der Waals surface area contributed by atoms with E-state index in [2.05, 4.69) is 23.2 Å². The predicted octanol–water partition coefficient (Wildman–Crippen LogP) is 3.43. The zero-order valence-electron chi connectivity index (χ0n) is 14.1. The monoisotopic (exact) mass is 311 g/mol. The van der Waals surface area contributed by atoms with Crippen LogP contribution in [0.3, 0.4) is 0 Å². The molecule has 0 spiro atoms. The summed E-state index contributed by atoms with van der Waals surface area (Å²) in [4.78, 5) is 12.4. The van der Waals surface area contributed by atoms with Crippen molar-refractivity contribution in [3.63, 3.8) is 0 Å². The lowest BCUT2D eigenvalue weighted by molar-refractivity contribution is 0.0944. The maximum atomic E-state index is 12.4. The van der Waals surface area contributed by atoms with Crippen molar-refractivity contribution >= 4 is 5.91 Å². The zero-order valence-corrected chi connectivity index (χ0v) is 14.1. The van der Waals surface area contributed by atoms with E-state index >= 15 is 0 Å². The first kappa shape index (κ1) is 17.3. The molecule has 122 valence electrons. The first-order chi connectivity index (χ1) is 10.8. The summed E-state index contributed by atoms with van der Waals surface area (Å²) in [5.74, 6) is 5.58. The van der Waals surface area contributed by atoms with Crippen LogP contribution in [0.5, 0.6) is 0 Å². The van der Waals surface area contributed by atoms with Crippen LogP contribution in [0.1, 0.15) is 62.4 Å². The predicted molar refractivity (Wildman–Crippen MR) is 93.1 cm³/mol. The molecule has 0 bridgehead atoms. The van der Waals surface area contributed by atoms with E-state index in [0.717, 1.165) is 18.4 Å². The highest BCUT2D eigenvalue weighted by Gasteiger charge is 2.15. The molecule has 0 radical (unpaired) electrons. The second-order valence-corrected chi connectivity index (χ2v) is 6.61. The Labute approximate surface area is 138 Å². The van der Waals surface area contributed by atoms with Crippen LogP contribution in [-0.2, 0) is 0 Å². The molecule has 0 aliphatic heterocycles. The van der Waals surface area contributed by atoms with Crippen molar-refractivity contribution in [2.45, 2.75) is 58.1 Å². The smallest absolute Gasteiger partial charge is 0.251 e. The van der Waals surface area contributed by atoms with Crippen molar-refractivity contribution in [3.8, 4) is 11.8 Å². The SMILES string of the molecule is CC(NC(=O)c1cccc(C#CC(C)(C)O)c1)C1=CCCCC1. The van der Waals surface area contributed by atoms with Crippen LogP contribution in [0.15, 0.2) is 35.9 Å². The molecule has 0 saturated heterocycles. The zero-order chi connectivity index (χ0) is 16.9. The molecule has 0 saturated carbocycles. The lowest BCUT2D eigenvalue weighted by Gasteiger charge is -2.21. The molecule has 1 aromatic rings. The number of nitrogens with one attached hydrogen (secondary N) is 1. The summed E-state index contributed by atoms with van der Waals surface area (Å²) in [5.41, 5.74) is 1.60. The van der Waals surface area contributed by atoms with Crippen molar-refractivity contribution in [1.82, 2.24) is 5.32 Å². The Morgan fingerprint density at radius 2 is 2.13 bits per heavy atom. The van der Waals surface area contributed by atoms with Crippen LogP contribution in [0, 0.1) is 11.8 Å². The summed E-state index contributed by atoms with van der Waals surface area (Å²) in [6.45, 7) is 5.30. The molecule has 1 aliphatic carbocycles. The largest absolute Gasteiger partial charge is 0.378 e. The molecule has 1 amide bonds. The number of carbonyl (C=O) groups excluding carboxylic acids is 1. The number of amides is 1. The summed E-state index contributed by atoms with van der Waals surface area (Å²) in [6, 6.07) is 7.26. The summed E-state index contributed by atoms with van der Waals surface area (Å²) >= 11 is 0. The van der Waals surface area contributed by atoms with Gasteiger partial charge in [0.05, 0.1) is 0 Å². The van der Waals surface area contributed by atoms with E-state index in [9.17, 15) is 9.90 Å². The highest BCUT2D eigenvalue weighted by Crippen LogP contribution is 2.20. The van der Waals surface area contributed by atoms with Gasteiger partial charge >= 0.3 is 0 Å². The van der Waals surface area contributed by atoms with Gasteiger partial charge in [0.25, 0.3) is 5.91 Å². The molecule has 3 heteroatoms. The average Bonchev–Trinajstić information content (AvgIpc) is 2.53. The first-order valence-corrected chi connectivity index (χ1v) is 8.20. The van der Waals surface area contributed by atoms with Crippen molar-refractivity contribution in [3.05, 3.63) is 47.0 Å². The van der Waals surface area contributed by atoms with Gasteiger partial charge in [-0.15, -0.1) is 0 Å². The normalized spacial score (nSPS) is 15.9. The van der Waals surface area contributed by atoms with Gasteiger partial charge in [0.15, 0.2) is 0 Å². The third-order valence-electron chi connectivity index (χ3n) is 3.87. The maximum absolute atomic E-state index is 12.4. The molecular weight excluding hydrogens is 286 g/mol. The minimum absolute atomic E-state index is 0.0638. The minimum Gasteiger partial charge on any atom is -0.378 e. The van der Waals surface area contributed by atoms with Crippen LogP contribution in [0.4, 0.5) is 0 Å². The maximum Gasteiger partial charge on any atom is 0.251 e.